The van der Waals surface area contributed by atoms with Gasteiger partial charge < -0.3 is 9.84 Å². The summed E-state index contributed by atoms with van der Waals surface area (Å²) in [5.41, 5.74) is 2.64. The zero-order chi connectivity index (χ0) is 18.0. The molecule has 0 aliphatic rings. The molecule has 0 spiro atoms. The van der Waals surface area contributed by atoms with Gasteiger partial charge >= 0.3 is 0 Å². The lowest BCUT2D eigenvalue weighted by molar-refractivity contribution is 0.0816. The highest BCUT2D eigenvalue weighted by Crippen LogP contribution is 2.27. The summed E-state index contributed by atoms with van der Waals surface area (Å²) >= 11 is 0. The van der Waals surface area contributed by atoms with Crippen LogP contribution in [0, 0.1) is 0 Å². The summed E-state index contributed by atoms with van der Waals surface area (Å²) in [6.45, 7) is 9.96. The minimum absolute atomic E-state index is 0.425. The Kier molecular flexibility index (Phi) is 5.08. The van der Waals surface area contributed by atoms with Crippen LogP contribution in [0.4, 0.5) is 0 Å². The normalized spacial score (nSPS) is 13.5. The van der Waals surface area contributed by atoms with Gasteiger partial charge in [-0.05, 0) is 31.2 Å². The largest absolute Gasteiger partial charge is 0.389 e. The number of aliphatic hydroxyl groups excluding tert-OH is 1. The maximum atomic E-state index is 10.2. The molecule has 1 atom stereocenters. The Bertz CT molecular complexity index is 835. The standard InChI is InChI=1S/C18H26N4O2Si/c1-14(23)16-11-17-15(10-18(16)21-7-5-6-19-21)12-20-22(17)13-24-8-9-25(2,3)4/h5-7,10-12,14,23H,8-9,13H2,1-4H3. The second kappa shape index (κ2) is 7.11. The van der Waals surface area contributed by atoms with E-state index in [9.17, 15) is 5.11 Å². The number of ether oxygens (including phenoxy) is 1. The molecule has 0 amide bonds. The Morgan fingerprint density at radius 3 is 2.68 bits per heavy atom. The molecule has 0 saturated heterocycles. The van der Waals surface area contributed by atoms with Gasteiger partial charge in [-0.1, -0.05) is 19.6 Å². The topological polar surface area (TPSA) is 65.1 Å². The van der Waals surface area contributed by atoms with E-state index in [-0.39, 0.29) is 0 Å². The van der Waals surface area contributed by atoms with Crippen LogP contribution in [0.5, 0.6) is 0 Å². The number of fused-ring (bicyclic) bond motifs is 1. The van der Waals surface area contributed by atoms with Crippen molar-refractivity contribution in [1.82, 2.24) is 19.6 Å². The van der Waals surface area contributed by atoms with Crippen LogP contribution >= 0.6 is 0 Å². The summed E-state index contributed by atoms with van der Waals surface area (Å²) in [5, 5.41) is 19.9. The molecule has 0 radical (unpaired) electrons. The van der Waals surface area contributed by atoms with Crippen LogP contribution < -0.4 is 0 Å². The first-order chi connectivity index (χ1) is 11.8. The molecule has 2 heterocycles. The van der Waals surface area contributed by atoms with E-state index < -0.39 is 14.2 Å². The van der Waals surface area contributed by atoms with Crippen molar-refractivity contribution in [3.63, 3.8) is 0 Å². The van der Waals surface area contributed by atoms with Crippen LogP contribution in [-0.4, -0.2) is 39.3 Å². The number of rotatable bonds is 7. The van der Waals surface area contributed by atoms with Gasteiger partial charge in [0.25, 0.3) is 0 Å². The van der Waals surface area contributed by atoms with Crippen molar-refractivity contribution in [2.75, 3.05) is 6.61 Å². The van der Waals surface area contributed by atoms with Gasteiger partial charge in [0.1, 0.15) is 6.73 Å². The quantitative estimate of drug-likeness (QED) is 0.518. The van der Waals surface area contributed by atoms with Gasteiger partial charge in [0, 0.05) is 38.0 Å². The van der Waals surface area contributed by atoms with Crippen LogP contribution in [0.1, 0.15) is 18.6 Å². The van der Waals surface area contributed by atoms with Crippen molar-refractivity contribution in [3.8, 4) is 5.69 Å². The summed E-state index contributed by atoms with van der Waals surface area (Å²) in [6.07, 6.45) is 4.83. The number of hydrogen-bond donors (Lipinski definition) is 1. The van der Waals surface area contributed by atoms with Crippen LogP contribution in [0.15, 0.2) is 36.8 Å². The van der Waals surface area contributed by atoms with Crippen LogP contribution in [0.3, 0.4) is 0 Å². The van der Waals surface area contributed by atoms with E-state index >= 15 is 0 Å². The third-order valence-corrected chi connectivity index (χ3v) is 5.91. The highest BCUT2D eigenvalue weighted by atomic mass is 28.3. The fourth-order valence-electron chi connectivity index (χ4n) is 2.71. The predicted octanol–water partition coefficient (Wildman–Crippen LogP) is 3.59. The van der Waals surface area contributed by atoms with Gasteiger partial charge in [0.2, 0.25) is 0 Å². The third kappa shape index (κ3) is 4.17. The summed E-state index contributed by atoms with van der Waals surface area (Å²) in [5.74, 6) is 0. The molecule has 0 bridgehead atoms. The molecule has 1 unspecified atom stereocenters. The lowest BCUT2D eigenvalue weighted by Gasteiger charge is -2.16. The summed E-state index contributed by atoms with van der Waals surface area (Å²) < 4.78 is 9.43. The van der Waals surface area contributed by atoms with Gasteiger partial charge in [0.05, 0.1) is 23.5 Å². The molecule has 0 fully saturated rings. The molecule has 1 N–H and O–H groups in total. The zero-order valence-electron chi connectivity index (χ0n) is 15.3. The molecular weight excluding hydrogens is 332 g/mol. The Labute approximate surface area is 149 Å². The number of aromatic nitrogens is 4. The molecule has 1 aromatic carbocycles. The van der Waals surface area contributed by atoms with Crippen molar-refractivity contribution in [2.24, 2.45) is 0 Å². The van der Waals surface area contributed by atoms with E-state index in [2.05, 4.69) is 29.8 Å². The Morgan fingerprint density at radius 1 is 1.24 bits per heavy atom. The fraction of sp³-hybridized carbons (Fsp3) is 0.444. The van der Waals surface area contributed by atoms with Gasteiger partial charge in [-0.15, -0.1) is 0 Å². The molecule has 3 aromatic rings. The number of hydrogen-bond acceptors (Lipinski definition) is 4. The summed E-state index contributed by atoms with van der Waals surface area (Å²) in [6, 6.07) is 6.99. The molecule has 134 valence electrons. The van der Waals surface area contributed by atoms with Crippen molar-refractivity contribution >= 4 is 19.0 Å². The lowest BCUT2D eigenvalue weighted by atomic mass is 10.1. The first-order valence-corrected chi connectivity index (χ1v) is 12.3. The second-order valence-corrected chi connectivity index (χ2v) is 13.2. The highest BCUT2D eigenvalue weighted by molar-refractivity contribution is 6.76. The summed E-state index contributed by atoms with van der Waals surface area (Å²) in [7, 11) is -1.09. The minimum Gasteiger partial charge on any atom is -0.389 e. The molecule has 6 nitrogen and oxygen atoms in total. The number of nitrogens with zero attached hydrogens (tertiary/aromatic N) is 4. The monoisotopic (exact) mass is 358 g/mol. The smallest absolute Gasteiger partial charge is 0.139 e. The predicted molar refractivity (Wildman–Crippen MR) is 102 cm³/mol. The van der Waals surface area contributed by atoms with Gasteiger partial charge in [0.15, 0.2) is 0 Å². The first-order valence-electron chi connectivity index (χ1n) is 8.60. The Hall–Kier alpha value is -1.96. The summed E-state index contributed by atoms with van der Waals surface area (Å²) in [4.78, 5) is 0. The zero-order valence-corrected chi connectivity index (χ0v) is 16.3. The third-order valence-electron chi connectivity index (χ3n) is 4.20. The Morgan fingerprint density at radius 2 is 2.04 bits per heavy atom. The van der Waals surface area contributed by atoms with Crippen molar-refractivity contribution in [1.29, 1.82) is 0 Å². The van der Waals surface area contributed by atoms with Crippen molar-refractivity contribution in [2.45, 2.75) is 45.4 Å². The van der Waals surface area contributed by atoms with Crippen LogP contribution in [-0.2, 0) is 11.5 Å². The lowest BCUT2D eigenvalue weighted by Crippen LogP contribution is -2.22. The van der Waals surface area contributed by atoms with E-state index in [4.69, 9.17) is 4.74 Å². The van der Waals surface area contributed by atoms with Crippen molar-refractivity contribution < 1.29 is 9.84 Å². The van der Waals surface area contributed by atoms with E-state index in [1.54, 1.807) is 17.8 Å². The Balaban J connectivity index is 1.86. The first kappa shape index (κ1) is 17.8. The van der Waals surface area contributed by atoms with Gasteiger partial charge in [-0.3, -0.25) is 0 Å². The number of aliphatic hydroxyl groups is 1. The molecule has 0 aliphatic carbocycles. The van der Waals surface area contributed by atoms with E-state index in [1.807, 2.05) is 35.3 Å². The SMILES string of the molecule is CC(O)c1cc2c(cnn2COCC[Si](C)(C)C)cc1-n1cccn1. The average Bonchev–Trinajstić information content (AvgIpc) is 3.19. The second-order valence-electron chi connectivity index (χ2n) is 7.59. The highest BCUT2D eigenvalue weighted by Gasteiger charge is 2.15. The van der Waals surface area contributed by atoms with Gasteiger partial charge in [-0.2, -0.15) is 10.2 Å². The van der Waals surface area contributed by atoms with Gasteiger partial charge in [-0.25, -0.2) is 9.36 Å². The maximum Gasteiger partial charge on any atom is 0.139 e. The van der Waals surface area contributed by atoms with E-state index in [0.29, 0.717) is 6.73 Å². The average molecular weight is 359 g/mol. The molecular formula is C18H26N4O2Si. The van der Waals surface area contributed by atoms with E-state index in [1.165, 1.54) is 0 Å². The van der Waals surface area contributed by atoms with Crippen molar-refractivity contribution in [3.05, 3.63) is 42.4 Å². The molecule has 2 aromatic heterocycles. The molecule has 0 saturated carbocycles. The van der Waals surface area contributed by atoms with Crippen LogP contribution in [0.25, 0.3) is 16.6 Å². The molecule has 3 rings (SSSR count). The minimum atomic E-state index is -1.09. The molecule has 7 heteroatoms. The number of benzene rings is 1. The maximum absolute atomic E-state index is 10.2. The molecule has 0 aliphatic heterocycles. The van der Waals surface area contributed by atoms with E-state index in [0.717, 1.165) is 34.8 Å². The van der Waals surface area contributed by atoms with Crippen LogP contribution in [0.2, 0.25) is 25.7 Å². The fourth-order valence-corrected chi connectivity index (χ4v) is 3.46. The molecule has 25 heavy (non-hydrogen) atoms.